The maximum Gasteiger partial charge on any atom is 0.410 e. The van der Waals surface area contributed by atoms with Gasteiger partial charge in [-0.1, -0.05) is 6.07 Å². The van der Waals surface area contributed by atoms with Crippen LogP contribution >= 0.6 is 0 Å². The van der Waals surface area contributed by atoms with Crippen LogP contribution in [-0.4, -0.2) is 42.5 Å². The number of nitrogens with zero attached hydrogens (tertiary/aromatic N) is 2. The van der Waals surface area contributed by atoms with Gasteiger partial charge in [0, 0.05) is 13.1 Å². The molecule has 1 aromatic heterocycles. The molecule has 2 fully saturated rings. The molecule has 2 aliphatic rings. The molecule has 3 heterocycles. The summed E-state index contributed by atoms with van der Waals surface area (Å²) in [4.78, 5) is 16.9. The van der Waals surface area contributed by atoms with Crippen LogP contribution in [0.2, 0.25) is 0 Å². The summed E-state index contributed by atoms with van der Waals surface area (Å²) < 4.78 is 5.20. The number of hydrogen-bond acceptors (Lipinski definition) is 4. The molecule has 0 aliphatic carbocycles. The van der Waals surface area contributed by atoms with Crippen molar-refractivity contribution in [1.82, 2.24) is 4.98 Å². The first-order valence-corrected chi connectivity index (χ1v) is 5.47. The highest BCUT2D eigenvalue weighted by atomic mass is 16.5. The lowest BCUT2D eigenvalue weighted by Gasteiger charge is -2.55. The number of rotatable bonds is 2. The van der Waals surface area contributed by atoms with Crippen molar-refractivity contribution < 1.29 is 14.6 Å². The Bertz CT molecular complexity index is 451. The van der Waals surface area contributed by atoms with E-state index >= 15 is 0 Å². The molecule has 6 heteroatoms. The standard InChI is InChI=1S/C11H13N3O3/c15-10(16)13-8-2-1-3-9(12-8)14-4-11(5-14)6-17-7-11/h1-3H,4-7H2,(H,12,13)(H,15,16). The molecule has 6 nitrogen and oxygen atoms in total. The van der Waals surface area contributed by atoms with Gasteiger partial charge in [0.1, 0.15) is 11.6 Å². The van der Waals surface area contributed by atoms with Crippen LogP contribution in [0.1, 0.15) is 0 Å². The predicted molar refractivity (Wildman–Crippen MR) is 61.3 cm³/mol. The summed E-state index contributed by atoms with van der Waals surface area (Å²) in [7, 11) is 0. The fourth-order valence-corrected chi connectivity index (χ4v) is 2.28. The zero-order valence-corrected chi connectivity index (χ0v) is 9.22. The van der Waals surface area contributed by atoms with Gasteiger partial charge in [0.05, 0.1) is 18.6 Å². The summed E-state index contributed by atoms with van der Waals surface area (Å²) in [6.45, 7) is 3.54. The molecule has 1 spiro atoms. The minimum atomic E-state index is -1.10. The van der Waals surface area contributed by atoms with Crippen LogP contribution in [0.15, 0.2) is 18.2 Å². The Balaban J connectivity index is 1.69. The molecule has 0 saturated carbocycles. The van der Waals surface area contributed by atoms with Gasteiger partial charge in [-0.05, 0) is 12.1 Å². The number of pyridine rings is 1. The smallest absolute Gasteiger partial charge is 0.410 e. The fraction of sp³-hybridized carbons (Fsp3) is 0.455. The van der Waals surface area contributed by atoms with E-state index in [4.69, 9.17) is 9.84 Å². The molecule has 0 unspecified atom stereocenters. The molecule has 3 rings (SSSR count). The number of anilines is 2. The highest BCUT2D eigenvalue weighted by Gasteiger charge is 2.49. The van der Waals surface area contributed by atoms with Crippen molar-refractivity contribution in [2.75, 3.05) is 36.5 Å². The quantitative estimate of drug-likeness (QED) is 0.800. The van der Waals surface area contributed by atoms with Crippen LogP contribution in [0.5, 0.6) is 0 Å². The zero-order valence-electron chi connectivity index (χ0n) is 9.22. The normalized spacial score (nSPS) is 20.6. The third-order valence-corrected chi connectivity index (χ3v) is 3.16. The van der Waals surface area contributed by atoms with E-state index in [9.17, 15) is 4.79 Å². The third kappa shape index (κ3) is 1.80. The molecular formula is C11H13N3O3. The molecule has 2 N–H and O–H groups in total. The SMILES string of the molecule is O=C(O)Nc1cccc(N2CC3(COC3)C2)n1. The fourth-order valence-electron chi connectivity index (χ4n) is 2.28. The van der Waals surface area contributed by atoms with Crippen molar-refractivity contribution in [3.05, 3.63) is 18.2 Å². The van der Waals surface area contributed by atoms with Crippen molar-refractivity contribution in [2.45, 2.75) is 0 Å². The maximum absolute atomic E-state index is 10.5. The second kappa shape index (κ2) is 3.59. The largest absolute Gasteiger partial charge is 0.465 e. The van der Waals surface area contributed by atoms with E-state index in [0.717, 1.165) is 32.1 Å². The van der Waals surface area contributed by atoms with E-state index in [-0.39, 0.29) is 0 Å². The number of amides is 1. The topological polar surface area (TPSA) is 74.7 Å². The van der Waals surface area contributed by atoms with Gasteiger partial charge in [-0.2, -0.15) is 0 Å². The van der Waals surface area contributed by atoms with Crippen molar-refractivity contribution in [3.63, 3.8) is 0 Å². The first kappa shape index (κ1) is 10.3. The first-order chi connectivity index (χ1) is 8.17. The minimum absolute atomic E-state index is 0.331. The van der Waals surface area contributed by atoms with Crippen LogP contribution in [0.3, 0.4) is 0 Å². The average molecular weight is 235 g/mol. The predicted octanol–water partition coefficient (Wildman–Crippen LogP) is 1.01. The minimum Gasteiger partial charge on any atom is -0.465 e. The Hall–Kier alpha value is -1.82. The number of carbonyl (C=O) groups is 1. The lowest BCUT2D eigenvalue weighted by molar-refractivity contribution is -0.127. The summed E-state index contributed by atoms with van der Waals surface area (Å²) in [5, 5.41) is 10.9. The van der Waals surface area contributed by atoms with E-state index in [0.29, 0.717) is 11.2 Å². The molecule has 1 amide bonds. The number of nitrogens with one attached hydrogen (secondary N) is 1. The van der Waals surface area contributed by atoms with Gasteiger partial charge in [-0.3, -0.25) is 5.32 Å². The summed E-state index contributed by atoms with van der Waals surface area (Å²) >= 11 is 0. The van der Waals surface area contributed by atoms with Crippen molar-refractivity contribution in [2.24, 2.45) is 5.41 Å². The molecule has 0 aromatic carbocycles. The third-order valence-electron chi connectivity index (χ3n) is 3.16. The second-order valence-electron chi connectivity index (χ2n) is 4.66. The first-order valence-electron chi connectivity index (χ1n) is 5.47. The Labute approximate surface area is 98.2 Å². The molecule has 17 heavy (non-hydrogen) atoms. The highest BCUT2D eigenvalue weighted by Crippen LogP contribution is 2.39. The summed E-state index contributed by atoms with van der Waals surface area (Å²) in [5.41, 5.74) is 0.331. The molecule has 0 bridgehead atoms. The average Bonchev–Trinajstić information content (AvgIpc) is 2.12. The molecule has 0 radical (unpaired) electrons. The Morgan fingerprint density at radius 3 is 2.82 bits per heavy atom. The number of carboxylic acid groups (broad SMARTS) is 1. The molecule has 2 saturated heterocycles. The maximum atomic E-state index is 10.5. The van der Waals surface area contributed by atoms with E-state index in [1.165, 1.54) is 0 Å². The summed E-state index contributed by atoms with van der Waals surface area (Å²) in [5.74, 6) is 1.18. The number of aromatic nitrogens is 1. The Morgan fingerprint density at radius 2 is 2.24 bits per heavy atom. The van der Waals surface area contributed by atoms with Gasteiger partial charge in [0.25, 0.3) is 0 Å². The van der Waals surface area contributed by atoms with Gasteiger partial charge < -0.3 is 14.7 Å². The Morgan fingerprint density at radius 1 is 1.47 bits per heavy atom. The van der Waals surface area contributed by atoms with E-state index in [2.05, 4.69) is 15.2 Å². The Kier molecular flexibility index (Phi) is 2.19. The number of hydrogen-bond donors (Lipinski definition) is 2. The molecule has 90 valence electrons. The van der Waals surface area contributed by atoms with Crippen LogP contribution in [0.25, 0.3) is 0 Å². The van der Waals surface area contributed by atoms with Gasteiger partial charge in [-0.25, -0.2) is 9.78 Å². The van der Waals surface area contributed by atoms with Gasteiger partial charge in [0.15, 0.2) is 0 Å². The van der Waals surface area contributed by atoms with E-state index in [1.807, 2.05) is 6.07 Å². The highest BCUT2D eigenvalue weighted by molar-refractivity contribution is 5.81. The molecule has 2 aliphatic heterocycles. The number of ether oxygens (including phenoxy) is 1. The lowest BCUT2D eigenvalue weighted by atomic mass is 9.78. The van der Waals surface area contributed by atoms with Gasteiger partial charge >= 0.3 is 6.09 Å². The summed E-state index contributed by atoms with van der Waals surface area (Å²) in [6.07, 6.45) is -1.10. The van der Waals surface area contributed by atoms with E-state index < -0.39 is 6.09 Å². The van der Waals surface area contributed by atoms with Crippen LogP contribution < -0.4 is 10.2 Å². The van der Waals surface area contributed by atoms with Crippen LogP contribution in [0.4, 0.5) is 16.4 Å². The van der Waals surface area contributed by atoms with Crippen molar-refractivity contribution in [3.8, 4) is 0 Å². The van der Waals surface area contributed by atoms with Crippen LogP contribution in [0, 0.1) is 5.41 Å². The summed E-state index contributed by atoms with van der Waals surface area (Å²) in [6, 6.07) is 5.33. The van der Waals surface area contributed by atoms with Crippen LogP contribution in [-0.2, 0) is 4.74 Å². The molecular weight excluding hydrogens is 222 g/mol. The monoisotopic (exact) mass is 235 g/mol. The van der Waals surface area contributed by atoms with Gasteiger partial charge in [0.2, 0.25) is 0 Å². The molecule has 0 atom stereocenters. The lowest BCUT2D eigenvalue weighted by Crippen LogP contribution is -2.66. The van der Waals surface area contributed by atoms with Crippen molar-refractivity contribution >= 4 is 17.7 Å². The van der Waals surface area contributed by atoms with E-state index in [1.54, 1.807) is 12.1 Å². The molecule has 1 aromatic rings. The van der Waals surface area contributed by atoms with Crippen molar-refractivity contribution in [1.29, 1.82) is 0 Å². The zero-order chi connectivity index (χ0) is 11.9. The van der Waals surface area contributed by atoms with Gasteiger partial charge in [-0.15, -0.1) is 0 Å². The second-order valence-corrected chi connectivity index (χ2v) is 4.66.